The van der Waals surface area contributed by atoms with Gasteiger partial charge in [0.25, 0.3) is 0 Å². The van der Waals surface area contributed by atoms with Crippen molar-refractivity contribution in [3.8, 4) is 0 Å². The first-order valence-electron chi connectivity index (χ1n) is 3.98. The van der Waals surface area contributed by atoms with Gasteiger partial charge < -0.3 is 0 Å². The van der Waals surface area contributed by atoms with Crippen LogP contribution in [0.1, 0.15) is 24.1 Å². The van der Waals surface area contributed by atoms with Crippen LogP contribution in [0.5, 0.6) is 0 Å². The van der Waals surface area contributed by atoms with E-state index in [4.69, 9.17) is 0 Å². The zero-order valence-corrected chi connectivity index (χ0v) is 9.56. The van der Waals surface area contributed by atoms with Crippen LogP contribution in [-0.4, -0.2) is 0 Å². The molecule has 0 radical (unpaired) electrons. The Morgan fingerprint density at radius 3 is 2.07 bits per heavy atom. The van der Waals surface area contributed by atoms with Gasteiger partial charge in [0.05, 0.1) is 5.56 Å². The highest BCUT2D eigenvalue weighted by Crippen LogP contribution is 2.29. The van der Waals surface area contributed by atoms with Gasteiger partial charge in [0.1, 0.15) is 0 Å². The van der Waals surface area contributed by atoms with Gasteiger partial charge in [-0.05, 0) is 24.6 Å². The smallest absolute Gasteiger partial charge is 0.254 e. The molecule has 1 atom stereocenters. The van der Waals surface area contributed by atoms with Crippen LogP contribution in [0.2, 0.25) is 0 Å². The predicted octanol–water partition coefficient (Wildman–Crippen LogP) is 3.71. The van der Waals surface area contributed by atoms with E-state index in [1.807, 2.05) is 29.8 Å². The molecule has 1 unspecified atom stereocenters. The largest absolute Gasteiger partial charge is 0.416 e. The molecule has 1 nitrogen and oxygen atoms in total. The first kappa shape index (κ1) is 11.8. The second-order valence-corrected chi connectivity index (χ2v) is 3.57. The van der Waals surface area contributed by atoms with Crippen molar-refractivity contribution in [2.24, 2.45) is 0 Å². The van der Waals surface area contributed by atoms with Gasteiger partial charge >= 0.3 is 6.18 Å². The van der Waals surface area contributed by atoms with Crippen LogP contribution in [0.25, 0.3) is 0 Å². The number of nitrogens with one attached hydrogen (secondary N) is 1. The first-order valence-corrected chi connectivity index (χ1v) is 5.06. The fourth-order valence-corrected chi connectivity index (χ4v) is 1.38. The zero-order valence-electron chi connectivity index (χ0n) is 7.40. The fourth-order valence-electron chi connectivity index (χ4n) is 1.02. The molecule has 0 aliphatic heterocycles. The van der Waals surface area contributed by atoms with Gasteiger partial charge in [-0.3, -0.25) is 3.53 Å². The molecule has 78 valence electrons. The highest BCUT2D eigenvalue weighted by atomic mass is 127. The lowest BCUT2D eigenvalue weighted by atomic mass is 10.1. The van der Waals surface area contributed by atoms with Gasteiger partial charge in [-0.1, -0.05) is 12.1 Å². The van der Waals surface area contributed by atoms with E-state index in [-0.39, 0.29) is 6.04 Å². The third-order valence-electron chi connectivity index (χ3n) is 1.90. The molecule has 0 spiro atoms. The summed E-state index contributed by atoms with van der Waals surface area (Å²) in [5.74, 6) is 0. The lowest BCUT2D eigenvalue weighted by Crippen LogP contribution is -2.08. The van der Waals surface area contributed by atoms with E-state index in [2.05, 4.69) is 3.53 Å². The Bertz CT molecular complexity index is 294. The van der Waals surface area contributed by atoms with Gasteiger partial charge in [-0.15, -0.1) is 0 Å². The summed E-state index contributed by atoms with van der Waals surface area (Å²) in [6, 6.07) is 5.22. The maximum atomic E-state index is 12.2. The van der Waals surface area contributed by atoms with Crippen molar-refractivity contribution in [2.45, 2.75) is 19.1 Å². The topological polar surface area (TPSA) is 12.0 Å². The van der Waals surface area contributed by atoms with Crippen LogP contribution in [-0.2, 0) is 6.18 Å². The molecular weight excluding hydrogens is 306 g/mol. The second-order valence-electron chi connectivity index (χ2n) is 2.95. The summed E-state index contributed by atoms with van der Waals surface area (Å²) in [6.45, 7) is 1.88. The number of alkyl halides is 3. The van der Waals surface area contributed by atoms with Gasteiger partial charge in [-0.2, -0.15) is 13.2 Å². The zero-order chi connectivity index (χ0) is 10.8. The van der Waals surface area contributed by atoms with Crippen molar-refractivity contribution >= 4 is 22.9 Å². The Balaban J connectivity index is 2.89. The monoisotopic (exact) mass is 315 g/mol. The highest BCUT2D eigenvalue weighted by Gasteiger charge is 2.29. The summed E-state index contributed by atoms with van der Waals surface area (Å²) in [4.78, 5) is 0. The van der Waals surface area contributed by atoms with Crippen molar-refractivity contribution in [2.75, 3.05) is 0 Å². The molecular formula is C9H9F3IN. The average Bonchev–Trinajstić information content (AvgIpc) is 2.15. The Hall–Kier alpha value is -0.300. The van der Waals surface area contributed by atoms with Gasteiger partial charge in [0.2, 0.25) is 0 Å². The molecule has 14 heavy (non-hydrogen) atoms. The molecule has 0 heterocycles. The molecule has 1 aromatic carbocycles. The lowest BCUT2D eigenvalue weighted by Gasteiger charge is -2.11. The Kier molecular flexibility index (Phi) is 3.77. The summed E-state index contributed by atoms with van der Waals surface area (Å²) in [7, 11) is 0. The van der Waals surface area contributed by atoms with Crippen LogP contribution in [0.3, 0.4) is 0 Å². The fraction of sp³-hybridized carbons (Fsp3) is 0.333. The normalized spacial score (nSPS) is 14.1. The maximum Gasteiger partial charge on any atom is 0.416 e. The highest BCUT2D eigenvalue weighted by molar-refractivity contribution is 14.1. The third-order valence-corrected chi connectivity index (χ3v) is 2.84. The summed E-state index contributed by atoms with van der Waals surface area (Å²) >= 11 is 1.97. The van der Waals surface area contributed by atoms with Gasteiger partial charge in [0.15, 0.2) is 0 Å². The van der Waals surface area contributed by atoms with Crippen LogP contribution in [0.15, 0.2) is 24.3 Å². The van der Waals surface area contributed by atoms with E-state index in [9.17, 15) is 13.2 Å². The number of hydrogen-bond donors (Lipinski definition) is 1. The first-order chi connectivity index (χ1) is 6.45. The molecule has 0 aromatic heterocycles. The van der Waals surface area contributed by atoms with Gasteiger partial charge in [-0.25, -0.2) is 0 Å². The van der Waals surface area contributed by atoms with Crippen LogP contribution < -0.4 is 3.53 Å². The van der Waals surface area contributed by atoms with E-state index < -0.39 is 11.7 Å². The van der Waals surface area contributed by atoms with Crippen molar-refractivity contribution < 1.29 is 13.2 Å². The standard InChI is InChI=1S/C9H9F3IN/c1-6(14-13)7-2-4-8(5-3-7)9(10,11)12/h2-6,14H,1H3. The molecule has 0 bridgehead atoms. The van der Waals surface area contributed by atoms with E-state index in [0.717, 1.165) is 17.7 Å². The third kappa shape index (κ3) is 2.84. The number of benzene rings is 1. The van der Waals surface area contributed by atoms with Crippen molar-refractivity contribution in [3.63, 3.8) is 0 Å². The predicted molar refractivity (Wildman–Crippen MR) is 57.0 cm³/mol. The summed E-state index contributed by atoms with van der Waals surface area (Å²) in [5.41, 5.74) is 0.231. The summed E-state index contributed by atoms with van der Waals surface area (Å²) < 4.78 is 39.5. The minimum atomic E-state index is -4.25. The minimum Gasteiger partial charge on any atom is -0.254 e. The van der Waals surface area contributed by atoms with Gasteiger partial charge in [0, 0.05) is 28.9 Å². The van der Waals surface area contributed by atoms with Crippen LogP contribution in [0, 0.1) is 0 Å². The molecule has 0 saturated heterocycles. The Morgan fingerprint density at radius 2 is 1.71 bits per heavy atom. The minimum absolute atomic E-state index is 0.0536. The van der Waals surface area contributed by atoms with Crippen molar-refractivity contribution in [1.29, 1.82) is 0 Å². The van der Waals surface area contributed by atoms with E-state index in [1.165, 1.54) is 12.1 Å². The second kappa shape index (κ2) is 4.48. The van der Waals surface area contributed by atoms with Crippen LogP contribution >= 0.6 is 22.9 Å². The molecule has 1 rings (SSSR count). The van der Waals surface area contributed by atoms with Crippen LogP contribution in [0.4, 0.5) is 13.2 Å². The number of rotatable bonds is 2. The quantitative estimate of drug-likeness (QED) is 0.648. The molecule has 1 aromatic rings. The number of halogens is 4. The van der Waals surface area contributed by atoms with E-state index >= 15 is 0 Å². The van der Waals surface area contributed by atoms with E-state index in [0.29, 0.717) is 0 Å². The summed E-state index contributed by atoms with van der Waals surface area (Å²) in [6.07, 6.45) is -4.25. The van der Waals surface area contributed by atoms with E-state index in [1.54, 1.807) is 0 Å². The average molecular weight is 315 g/mol. The molecule has 0 amide bonds. The van der Waals surface area contributed by atoms with Crippen molar-refractivity contribution in [1.82, 2.24) is 3.53 Å². The number of hydrogen-bond acceptors (Lipinski definition) is 1. The molecule has 0 aliphatic carbocycles. The molecule has 0 aliphatic rings. The molecule has 0 saturated carbocycles. The molecule has 0 fully saturated rings. The summed E-state index contributed by atoms with van der Waals surface area (Å²) in [5, 5.41) is 0. The SMILES string of the molecule is CC(NI)c1ccc(C(F)(F)F)cc1. The lowest BCUT2D eigenvalue weighted by molar-refractivity contribution is -0.137. The molecule has 5 heteroatoms. The molecule has 1 N–H and O–H groups in total. The Morgan fingerprint density at radius 1 is 1.21 bits per heavy atom. The maximum absolute atomic E-state index is 12.2. The van der Waals surface area contributed by atoms with Crippen molar-refractivity contribution in [3.05, 3.63) is 35.4 Å². The Labute approximate surface area is 94.2 Å².